The minimum absolute atomic E-state index is 0.0367. The van der Waals surface area contributed by atoms with Crippen LogP contribution in [0.1, 0.15) is 11.4 Å². The molecular weight excluding hydrogens is 1140 g/mol. The number of non-ortho nitro benzene ring substituents is 2. The maximum atomic E-state index is 14.5. The number of nitrogens with two attached hydrogens (primary N) is 2. The summed E-state index contributed by atoms with van der Waals surface area (Å²) in [4.78, 5) is 117. The molecule has 2 amide bonds. The molecule has 0 spiro atoms. The Morgan fingerprint density at radius 2 is 1.09 bits per heavy atom. The number of anilines is 2. The average molecular weight is 1170 g/mol. The van der Waals surface area contributed by atoms with E-state index in [1.807, 2.05) is 0 Å². The van der Waals surface area contributed by atoms with Crippen molar-refractivity contribution in [2.75, 3.05) is 41.9 Å². The number of nitrogens with zero attached hydrogens (tertiary/aromatic N) is 11. The van der Waals surface area contributed by atoms with Gasteiger partial charge < -0.3 is 30.2 Å². The monoisotopic (exact) mass is 1170 g/mol. The Balaban J connectivity index is 0.000000212. The predicted molar refractivity (Wildman–Crippen MR) is 252 cm³/mol. The molecular formula is C42H26F8N14O18. The minimum atomic E-state index is -5.09. The largest absolute Gasteiger partial charge is 0.502 e. The standard InChI is InChI=1S/C15H9F4N5O4.C15H8F4N4O4.C6H5N3O5.C6H4N2O5/c16-7-3-10-9(22(2-1-20)13(26)6-28-10)4-8(7)23-12(25)5-11(15(17,18)19)24(21)14(23)27;16-7-3-10-9(22(2-1-20)13(25)6-27-10)4-8(7)23-12(24)5-11(15(17,18)19)21-14(23)26;7-14-6-2-1-4(8(10)11)3-5(6)9(12)13;9-6-2-1-4(7(10)11)3-5(6)8(12)13/h3-5H,2,6,21H2;3-5H,2,6H2,(H,21,26);1-3H,7H2;1-3,9H. The van der Waals surface area contributed by atoms with Gasteiger partial charge in [0.1, 0.15) is 30.3 Å². The van der Waals surface area contributed by atoms with Crippen molar-refractivity contribution in [1.29, 1.82) is 10.5 Å². The molecule has 0 saturated carbocycles. The van der Waals surface area contributed by atoms with Crippen molar-refractivity contribution in [3.05, 3.63) is 178 Å². The summed E-state index contributed by atoms with van der Waals surface area (Å²) in [6.45, 7) is -1.78. The van der Waals surface area contributed by atoms with Gasteiger partial charge in [-0.15, -0.1) is 0 Å². The number of hydrogen-bond donors (Lipinski definition) is 4. The lowest BCUT2D eigenvalue weighted by molar-refractivity contribution is -0.395. The molecule has 0 radical (unpaired) electrons. The normalized spacial score (nSPS) is 12.3. The average Bonchev–Trinajstić information content (AvgIpc) is 3.60. The Morgan fingerprint density at radius 1 is 0.634 bits per heavy atom. The van der Waals surface area contributed by atoms with Crippen molar-refractivity contribution in [3.63, 3.8) is 0 Å². The van der Waals surface area contributed by atoms with Crippen LogP contribution < -0.4 is 58.3 Å². The number of amides is 2. The Bertz CT molecular complexity index is 3930. The van der Waals surface area contributed by atoms with Crippen LogP contribution in [0.2, 0.25) is 0 Å². The number of aromatic nitrogens is 4. The van der Waals surface area contributed by atoms with Gasteiger partial charge in [-0.05, 0) is 24.3 Å². The van der Waals surface area contributed by atoms with Crippen LogP contribution in [0.25, 0.3) is 11.4 Å². The number of carbonyl (C=O) groups is 2. The summed E-state index contributed by atoms with van der Waals surface area (Å²) >= 11 is 0. The van der Waals surface area contributed by atoms with Gasteiger partial charge in [0.05, 0.1) is 66.7 Å². The number of phenolic OH excluding ortho intramolecular Hbond substituents is 1. The van der Waals surface area contributed by atoms with Crippen molar-refractivity contribution in [1.82, 2.24) is 18.8 Å². The van der Waals surface area contributed by atoms with Gasteiger partial charge in [0.25, 0.3) is 34.3 Å². The van der Waals surface area contributed by atoms with Crippen LogP contribution in [-0.2, 0) is 21.9 Å². The molecule has 82 heavy (non-hydrogen) atoms. The highest BCUT2D eigenvalue weighted by molar-refractivity contribution is 5.99. The number of fused-ring (bicyclic) bond motifs is 2. The maximum absolute atomic E-state index is 14.5. The first kappa shape index (κ1) is 61.0. The number of carbonyl (C=O) groups excluding carboxylic acids is 2. The molecule has 2 aliphatic heterocycles. The molecule has 0 atom stereocenters. The molecule has 2 aliphatic rings. The lowest BCUT2D eigenvalue weighted by Gasteiger charge is -2.28. The zero-order valence-electron chi connectivity index (χ0n) is 39.7. The highest BCUT2D eigenvalue weighted by Crippen LogP contribution is 2.38. The summed E-state index contributed by atoms with van der Waals surface area (Å²) in [7, 11) is 0. The van der Waals surface area contributed by atoms with Gasteiger partial charge in [-0.2, -0.15) is 42.8 Å². The maximum Gasteiger partial charge on any atom is 0.433 e. The van der Waals surface area contributed by atoms with Gasteiger partial charge in [0.15, 0.2) is 36.3 Å². The van der Waals surface area contributed by atoms with Crippen LogP contribution in [0.5, 0.6) is 23.0 Å². The Kier molecular flexibility index (Phi) is 18.0. The number of aromatic amines is 1. The second-order valence-electron chi connectivity index (χ2n) is 15.4. The van der Waals surface area contributed by atoms with Gasteiger partial charge in [-0.3, -0.25) is 69.4 Å². The number of rotatable bonds is 9. The second kappa shape index (κ2) is 24.2. The van der Waals surface area contributed by atoms with Gasteiger partial charge in [-0.25, -0.2) is 32.2 Å². The molecule has 8 rings (SSSR count). The Morgan fingerprint density at radius 3 is 1.50 bits per heavy atom. The summed E-state index contributed by atoms with van der Waals surface area (Å²) < 4.78 is 116. The summed E-state index contributed by atoms with van der Waals surface area (Å²) in [5.41, 5.74) is -13.1. The third-order valence-electron chi connectivity index (χ3n) is 10.4. The summed E-state index contributed by atoms with van der Waals surface area (Å²) in [5, 5.41) is 67.7. The van der Waals surface area contributed by atoms with Gasteiger partial charge in [0, 0.05) is 36.4 Å². The van der Waals surface area contributed by atoms with E-state index in [2.05, 4.69) is 4.84 Å². The summed E-state index contributed by atoms with van der Waals surface area (Å²) in [6, 6.07) is 12.3. The lowest BCUT2D eigenvalue weighted by Crippen LogP contribution is -2.45. The van der Waals surface area contributed by atoms with Crippen molar-refractivity contribution < 1.29 is 83.8 Å². The Hall–Kier alpha value is -11.8. The smallest absolute Gasteiger partial charge is 0.433 e. The number of phenols is 1. The number of hydrogen-bond acceptors (Lipinski definition) is 22. The van der Waals surface area contributed by atoms with E-state index in [1.54, 1.807) is 12.1 Å². The first-order chi connectivity index (χ1) is 38.3. The number of ether oxygens (including phenoxy) is 2. The fourth-order valence-electron chi connectivity index (χ4n) is 6.76. The third kappa shape index (κ3) is 13.3. The molecule has 428 valence electrons. The first-order valence-electron chi connectivity index (χ1n) is 21.1. The number of nitro groups is 4. The molecule has 0 fully saturated rings. The zero-order valence-corrected chi connectivity index (χ0v) is 39.7. The molecule has 32 nitrogen and oxygen atoms in total. The van der Waals surface area contributed by atoms with Crippen molar-refractivity contribution in [3.8, 4) is 46.5 Å². The van der Waals surface area contributed by atoms with Crippen LogP contribution in [-0.4, -0.2) is 81.7 Å². The number of halogens is 8. The first-order valence-corrected chi connectivity index (χ1v) is 21.1. The number of nitro benzene ring substituents is 4. The van der Waals surface area contributed by atoms with Crippen LogP contribution in [0, 0.1) is 74.8 Å². The molecule has 0 unspecified atom stereocenters. The van der Waals surface area contributed by atoms with Crippen molar-refractivity contribution >= 4 is 45.9 Å². The molecule has 0 saturated heterocycles. The van der Waals surface area contributed by atoms with Gasteiger partial charge >= 0.3 is 35.1 Å². The van der Waals surface area contributed by atoms with Gasteiger partial charge in [-0.1, -0.05) is 0 Å². The molecule has 0 aliphatic carbocycles. The molecule has 0 bridgehead atoms. The van der Waals surface area contributed by atoms with E-state index in [0.717, 1.165) is 64.4 Å². The lowest BCUT2D eigenvalue weighted by atomic mass is 10.2. The number of benzene rings is 4. The van der Waals surface area contributed by atoms with Crippen molar-refractivity contribution in [2.24, 2.45) is 5.90 Å². The van der Waals surface area contributed by atoms with E-state index >= 15 is 0 Å². The van der Waals surface area contributed by atoms with E-state index in [1.165, 1.54) is 4.98 Å². The van der Waals surface area contributed by atoms with Crippen LogP contribution in [0.4, 0.5) is 69.2 Å². The minimum Gasteiger partial charge on any atom is -0.502 e. The van der Waals surface area contributed by atoms with E-state index in [4.69, 9.17) is 36.8 Å². The SMILES string of the molecule is N#CCN1C(=O)COc2cc(F)c(-n3c(=O)cc(C(F)(F)F)[nH]c3=O)cc21.N#CCN1C(=O)COc2cc(F)c(-n3c(=O)cc(C(F)(F)F)n(N)c3=O)cc21.NOc1ccc([N+](=O)[O-])cc1[N+](=O)[O-].O=[N+]([O-])c1ccc(O)c([N+](=O)[O-])c1. The number of H-pyrrole nitrogens is 1. The van der Waals surface area contributed by atoms with Crippen molar-refractivity contribution in [2.45, 2.75) is 12.4 Å². The number of nitriles is 2. The van der Waals surface area contributed by atoms with E-state index in [-0.39, 0.29) is 54.6 Å². The van der Waals surface area contributed by atoms with Crippen LogP contribution >= 0.6 is 0 Å². The zero-order chi connectivity index (χ0) is 61.5. The van der Waals surface area contributed by atoms with Gasteiger partial charge in [0.2, 0.25) is 5.75 Å². The summed E-state index contributed by atoms with van der Waals surface area (Å²) in [5.74, 6) is 5.17. The molecule has 4 heterocycles. The quantitative estimate of drug-likeness (QED) is 0.0531. The van der Waals surface area contributed by atoms with E-state index < -0.39 is 156 Å². The highest BCUT2D eigenvalue weighted by Gasteiger charge is 2.37. The topological polar surface area (TPSA) is 460 Å². The number of aromatic hydroxyl groups is 1. The van der Waals surface area contributed by atoms with Crippen LogP contribution in [0.15, 0.2) is 92.0 Å². The van der Waals surface area contributed by atoms with Crippen LogP contribution in [0.3, 0.4) is 0 Å². The Labute approximate surface area is 443 Å². The molecule has 4 aromatic carbocycles. The van der Waals surface area contributed by atoms with E-state index in [0.29, 0.717) is 6.07 Å². The fourth-order valence-corrected chi connectivity index (χ4v) is 6.76. The molecule has 40 heteroatoms. The predicted octanol–water partition coefficient (Wildman–Crippen LogP) is 3.02. The molecule has 2 aromatic heterocycles. The molecule has 6 N–H and O–H groups in total. The highest BCUT2D eigenvalue weighted by atomic mass is 19.4. The van der Waals surface area contributed by atoms with E-state index in [9.17, 15) is 104 Å². The number of nitrogens with one attached hydrogen (secondary N) is 1. The summed E-state index contributed by atoms with van der Waals surface area (Å²) in [6.07, 6.45) is -10.1. The number of nitrogen functional groups attached to an aromatic ring is 1. The fraction of sp³-hybridized carbons (Fsp3) is 0.143. The number of alkyl halides is 6. The second-order valence-corrected chi connectivity index (χ2v) is 15.4. The molecule has 6 aromatic rings. The third-order valence-corrected chi connectivity index (χ3v) is 10.4.